The lowest BCUT2D eigenvalue weighted by molar-refractivity contribution is 1.20. The van der Waals surface area contributed by atoms with E-state index in [2.05, 4.69) is 0 Å². The molecule has 0 spiro atoms. The van der Waals surface area contributed by atoms with Gasteiger partial charge in [0.05, 0.1) is 22.7 Å². The molecule has 0 saturated heterocycles. The summed E-state index contributed by atoms with van der Waals surface area (Å²) in [6.07, 6.45) is 0.507. The van der Waals surface area contributed by atoms with E-state index < -0.39 is 0 Å². The van der Waals surface area contributed by atoms with Gasteiger partial charge in [-0.2, -0.15) is 0 Å². The summed E-state index contributed by atoms with van der Waals surface area (Å²) < 4.78 is 0. The summed E-state index contributed by atoms with van der Waals surface area (Å²) in [5.74, 6) is 0. The van der Waals surface area contributed by atoms with Gasteiger partial charge in [0.1, 0.15) is 0 Å². The Morgan fingerprint density at radius 1 is 0.632 bits per heavy atom. The van der Waals surface area contributed by atoms with E-state index in [1.54, 1.807) is 24.3 Å². The predicted molar refractivity (Wildman–Crippen MR) is 83.4 cm³/mol. The number of hydrogen-bond acceptors (Lipinski definition) is 4. The molecule has 0 aromatic heterocycles. The Morgan fingerprint density at radius 3 is 1.32 bits per heavy atom. The van der Waals surface area contributed by atoms with Crippen molar-refractivity contribution < 1.29 is 0 Å². The third-order valence-corrected chi connectivity index (χ3v) is 3.59. The Labute approximate surface area is 121 Å². The molecule has 8 N–H and O–H groups in total. The summed E-state index contributed by atoms with van der Waals surface area (Å²) in [5, 5.41) is 1.08. The second-order valence-corrected chi connectivity index (χ2v) is 5.14. The molecule has 0 fully saturated rings. The van der Waals surface area contributed by atoms with E-state index in [-0.39, 0.29) is 0 Å². The fraction of sp³-hybridized carbons (Fsp3) is 0.0769. The van der Waals surface area contributed by atoms with Crippen molar-refractivity contribution in [3.05, 3.63) is 45.4 Å². The Hall–Kier alpha value is -1.78. The lowest BCUT2D eigenvalue weighted by atomic mass is 10.0. The first-order valence-electron chi connectivity index (χ1n) is 5.55. The molecule has 0 heterocycles. The van der Waals surface area contributed by atoms with Crippen LogP contribution in [0.1, 0.15) is 11.1 Å². The Kier molecular flexibility index (Phi) is 3.64. The van der Waals surface area contributed by atoms with Gasteiger partial charge < -0.3 is 22.9 Å². The summed E-state index contributed by atoms with van der Waals surface area (Å²) in [4.78, 5) is 0. The second-order valence-electron chi connectivity index (χ2n) is 4.32. The van der Waals surface area contributed by atoms with Crippen LogP contribution in [0.25, 0.3) is 0 Å². The van der Waals surface area contributed by atoms with Gasteiger partial charge in [0.2, 0.25) is 0 Å². The van der Waals surface area contributed by atoms with Crippen molar-refractivity contribution in [2.45, 2.75) is 6.42 Å². The molecule has 2 aromatic rings. The molecular weight excluding hydrogens is 283 g/mol. The summed E-state index contributed by atoms with van der Waals surface area (Å²) >= 11 is 12.3. The zero-order valence-electron chi connectivity index (χ0n) is 10.1. The number of anilines is 4. The van der Waals surface area contributed by atoms with Crippen molar-refractivity contribution in [3.8, 4) is 0 Å². The first kappa shape index (κ1) is 13.6. The van der Waals surface area contributed by atoms with Crippen molar-refractivity contribution in [2.75, 3.05) is 22.9 Å². The van der Waals surface area contributed by atoms with Crippen LogP contribution in [0.2, 0.25) is 10.0 Å². The lowest BCUT2D eigenvalue weighted by Gasteiger charge is -2.11. The van der Waals surface area contributed by atoms with Gasteiger partial charge in [0.25, 0.3) is 0 Å². The van der Waals surface area contributed by atoms with E-state index in [0.29, 0.717) is 39.2 Å². The number of nitrogens with two attached hydrogens (primary N) is 4. The Balaban J connectivity index is 2.42. The Bertz CT molecular complexity index is 586. The van der Waals surface area contributed by atoms with Crippen LogP contribution in [-0.2, 0) is 6.42 Å². The maximum absolute atomic E-state index is 6.14. The van der Waals surface area contributed by atoms with Gasteiger partial charge >= 0.3 is 0 Å². The second kappa shape index (κ2) is 5.07. The highest BCUT2D eigenvalue weighted by Gasteiger charge is 2.10. The summed E-state index contributed by atoms with van der Waals surface area (Å²) in [6.45, 7) is 0. The highest BCUT2D eigenvalue weighted by Crippen LogP contribution is 2.31. The van der Waals surface area contributed by atoms with Crippen molar-refractivity contribution in [1.29, 1.82) is 0 Å². The van der Waals surface area contributed by atoms with Gasteiger partial charge in [-0.05, 0) is 35.4 Å². The van der Waals surface area contributed by atoms with Crippen LogP contribution in [0.15, 0.2) is 24.3 Å². The van der Waals surface area contributed by atoms with E-state index in [4.69, 9.17) is 46.1 Å². The van der Waals surface area contributed by atoms with Gasteiger partial charge in [-0.3, -0.25) is 0 Å². The van der Waals surface area contributed by atoms with Gasteiger partial charge in [-0.1, -0.05) is 23.2 Å². The van der Waals surface area contributed by atoms with E-state index in [0.717, 1.165) is 11.1 Å². The highest BCUT2D eigenvalue weighted by atomic mass is 35.5. The normalized spacial score (nSPS) is 10.6. The van der Waals surface area contributed by atoms with Crippen LogP contribution in [0.4, 0.5) is 22.7 Å². The van der Waals surface area contributed by atoms with Crippen LogP contribution in [0, 0.1) is 0 Å². The summed E-state index contributed by atoms with van der Waals surface area (Å²) in [7, 11) is 0. The quantitative estimate of drug-likeness (QED) is 0.640. The molecule has 0 aliphatic rings. The molecule has 0 unspecified atom stereocenters. The maximum atomic E-state index is 6.14. The van der Waals surface area contributed by atoms with Crippen molar-refractivity contribution in [3.63, 3.8) is 0 Å². The highest BCUT2D eigenvalue weighted by molar-refractivity contribution is 6.32. The SMILES string of the molecule is Nc1cc(Cl)c(Cc2cc(N)c(N)cc2Cl)cc1N. The van der Waals surface area contributed by atoms with E-state index in [9.17, 15) is 0 Å². The molecule has 19 heavy (non-hydrogen) atoms. The average molecular weight is 297 g/mol. The monoisotopic (exact) mass is 296 g/mol. The van der Waals surface area contributed by atoms with Gasteiger partial charge in [-0.15, -0.1) is 0 Å². The third kappa shape index (κ3) is 2.80. The van der Waals surface area contributed by atoms with E-state index in [1.807, 2.05) is 0 Å². The number of halogens is 2. The maximum Gasteiger partial charge on any atom is 0.0562 e. The first-order valence-corrected chi connectivity index (χ1v) is 6.31. The molecule has 6 heteroatoms. The zero-order valence-corrected chi connectivity index (χ0v) is 11.6. The molecule has 100 valence electrons. The third-order valence-electron chi connectivity index (χ3n) is 2.89. The number of nitrogen functional groups attached to an aromatic ring is 4. The molecule has 0 bridgehead atoms. The van der Waals surface area contributed by atoms with Crippen LogP contribution in [0.5, 0.6) is 0 Å². The van der Waals surface area contributed by atoms with Crippen molar-refractivity contribution in [2.24, 2.45) is 0 Å². The van der Waals surface area contributed by atoms with Gasteiger partial charge in [-0.25, -0.2) is 0 Å². The number of benzene rings is 2. The van der Waals surface area contributed by atoms with Crippen LogP contribution in [-0.4, -0.2) is 0 Å². The van der Waals surface area contributed by atoms with E-state index in [1.165, 1.54) is 0 Å². The van der Waals surface area contributed by atoms with E-state index >= 15 is 0 Å². The number of hydrogen-bond donors (Lipinski definition) is 4. The molecule has 0 aliphatic heterocycles. The van der Waals surface area contributed by atoms with Crippen LogP contribution >= 0.6 is 23.2 Å². The molecule has 0 saturated carbocycles. The summed E-state index contributed by atoms with van der Waals surface area (Å²) in [6, 6.07) is 6.72. The van der Waals surface area contributed by atoms with Crippen LogP contribution < -0.4 is 22.9 Å². The topological polar surface area (TPSA) is 104 Å². The largest absolute Gasteiger partial charge is 0.397 e. The minimum absolute atomic E-state index is 0.455. The first-order chi connectivity index (χ1) is 8.88. The van der Waals surface area contributed by atoms with Gasteiger partial charge in [0.15, 0.2) is 0 Å². The zero-order chi connectivity index (χ0) is 14.2. The molecule has 2 rings (SSSR count). The molecule has 0 aliphatic carbocycles. The van der Waals surface area contributed by atoms with Crippen molar-refractivity contribution in [1.82, 2.24) is 0 Å². The minimum atomic E-state index is 0.455. The Morgan fingerprint density at radius 2 is 0.947 bits per heavy atom. The fourth-order valence-electron chi connectivity index (χ4n) is 1.78. The predicted octanol–water partition coefficient (Wildman–Crippen LogP) is 2.91. The molecule has 0 radical (unpaired) electrons. The fourth-order valence-corrected chi connectivity index (χ4v) is 2.26. The molecule has 4 nitrogen and oxygen atoms in total. The molecule has 0 atom stereocenters. The molecular formula is C13H14Cl2N4. The smallest absolute Gasteiger partial charge is 0.0562 e. The lowest BCUT2D eigenvalue weighted by Crippen LogP contribution is -2.00. The molecule has 0 amide bonds. The minimum Gasteiger partial charge on any atom is -0.397 e. The molecule has 2 aromatic carbocycles. The standard InChI is InChI=1S/C13H14Cl2N4/c14-8-4-12(18)10(16)2-6(8)1-7-3-11(17)13(19)5-9(7)15/h2-5H,1,16-19H2. The average Bonchev–Trinajstić information content (AvgIpc) is 2.32. The van der Waals surface area contributed by atoms with Crippen molar-refractivity contribution >= 4 is 46.0 Å². The number of rotatable bonds is 2. The van der Waals surface area contributed by atoms with Crippen LogP contribution in [0.3, 0.4) is 0 Å². The summed E-state index contributed by atoms with van der Waals surface area (Å²) in [5.41, 5.74) is 26.5. The van der Waals surface area contributed by atoms with Gasteiger partial charge in [0, 0.05) is 16.5 Å².